The molecular formula is C15H23FN2O3. The smallest absolute Gasteiger partial charge is 0.411 e. The number of benzene rings is 1. The third-order valence-electron chi connectivity index (χ3n) is 2.72. The first-order valence-corrected chi connectivity index (χ1v) is 6.89. The molecule has 1 rings (SSSR count). The summed E-state index contributed by atoms with van der Waals surface area (Å²) in [5.41, 5.74) is 0.331. The van der Waals surface area contributed by atoms with Gasteiger partial charge >= 0.3 is 6.09 Å². The number of aliphatic hydroxyl groups excluding tert-OH is 1. The number of rotatable bonds is 5. The lowest BCUT2D eigenvalue weighted by Crippen LogP contribution is -2.38. The molecule has 1 atom stereocenters. The molecule has 1 aromatic carbocycles. The maximum Gasteiger partial charge on any atom is 0.411 e. The third kappa shape index (κ3) is 6.10. The Kier molecular flexibility index (Phi) is 6.11. The highest BCUT2D eigenvalue weighted by molar-refractivity contribution is 5.84. The van der Waals surface area contributed by atoms with Crippen molar-refractivity contribution in [1.29, 1.82) is 0 Å². The molecule has 118 valence electrons. The molecule has 1 unspecified atom stereocenters. The van der Waals surface area contributed by atoms with Gasteiger partial charge in [-0.15, -0.1) is 0 Å². The molecule has 0 fully saturated rings. The van der Waals surface area contributed by atoms with Gasteiger partial charge in [0.15, 0.2) is 0 Å². The Hall–Kier alpha value is -1.66. The van der Waals surface area contributed by atoms with E-state index < -0.39 is 18.0 Å². The molecule has 0 aliphatic rings. The van der Waals surface area contributed by atoms with Crippen molar-refractivity contribution in [2.45, 2.75) is 39.3 Å². The SMILES string of the molecule is CCOC(=O)Nc1ccc(C(O)CNC(C)(C)C)cc1F. The fourth-order valence-electron chi connectivity index (χ4n) is 1.64. The van der Waals surface area contributed by atoms with Gasteiger partial charge < -0.3 is 15.2 Å². The predicted molar refractivity (Wildman–Crippen MR) is 79.8 cm³/mol. The Morgan fingerprint density at radius 3 is 2.62 bits per heavy atom. The van der Waals surface area contributed by atoms with Gasteiger partial charge in [-0.2, -0.15) is 0 Å². The summed E-state index contributed by atoms with van der Waals surface area (Å²) in [4.78, 5) is 11.2. The van der Waals surface area contributed by atoms with Gasteiger partial charge in [0.25, 0.3) is 0 Å². The number of halogens is 1. The van der Waals surface area contributed by atoms with Crippen LogP contribution in [0.15, 0.2) is 18.2 Å². The highest BCUT2D eigenvalue weighted by Gasteiger charge is 2.15. The van der Waals surface area contributed by atoms with Crippen molar-refractivity contribution in [3.8, 4) is 0 Å². The summed E-state index contributed by atoms with van der Waals surface area (Å²) in [7, 11) is 0. The lowest BCUT2D eigenvalue weighted by molar-refractivity contribution is 0.163. The topological polar surface area (TPSA) is 70.6 Å². The molecule has 0 bridgehead atoms. The normalized spacial score (nSPS) is 12.9. The van der Waals surface area contributed by atoms with Gasteiger partial charge in [-0.25, -0.2) is 9.18 Å². The zero-order valence-electron chi connectivity index (χ0n) is 12.9. The van der Waals surface area contributed by atoms with Crippen LogP contribution in [0.3, 0.4) is 0 Å². The summed E-state index contributed by atoms with van der Waals surface area (Å²) in [5, 5.41) is 15.5. The number of anilines is 1. The second-order valence-electron chi connectivity index (χ2n) is 5.73. The molecule has 0 radical (unpaired) electrons. The van der Waals surface area contributed by atoms with E-state index in [0.717, 1.165) is 0 Å². The molecule has 6 heteroatoms. The fraction of sp³-hybridized carbons (Fsp3) is 0.533. The molecule has 0 aromatic heterocycles. The summed E-state index contributed by atoms with van der Waals surface area (Å²) in [6, 6.07) is 4.18. The summed E-state index contributed by atoms with van der Waals surface area (Å²) < 4.78 is 18.6. The summed E-state index contributed by atoms with van der Waals surface area (Å²) in [5.74, 6) is -0.615. The quantitative estimate of drug-likeness (QED) is 0.782. The Labute approximate surface area is 124 Å². The van der Waals surface area contributed by atoms with Crippen molar-refractivity contribution in [3.63, 3.8) is 0 Å². The molecule has 0 heterocycles. The molecule has 0 aliphatic heterocycles. The molecule has 0 aliphatic carbocycles. The van der Waals surface area contributed by atoms with Crippen LogP contribution in [0.25, 0.3) is 0 Å². The average molecular weight is 298 g/mol. The van der Waals surface area contributed by atoms with Gasteiger partial charge in [-0.3, -0.25) is 5.32 Å². The van der Waals surface area contributed by atoms with Crippen LogP contribution in [0.4, 0.5) is 14.9 Å². The van der Waals surface area contributed by atoms with Crippen LogP contribution in [0.2, 0.25) is 0 Å². The van der Waals surface area contributed by atoms with Crippen molar-refractivity contribution in [2.24, 2.45) is 0 Å². The van der Waals surface area contributed by atoms with E-state index in [0.29, 0.717) is 12.1 Å². The summed E-state index contributed by atoms with van der Waals surface area (Å²) >= 11 is 0. The summed E-state index contributed by atoms with van der Waals surface area (Å²) in [6.45, 7) is 8.12. The minimum Gasteiger partial charge on any atom is -0.450 e. The van der Waals surface area contributed by atoms with E-state index in [4.69, 9.17) is 0 Å². The number of carbonyl (C=O) groups excluding carboxylic acids is 1. The molecule has 1 amide bonds. The Morgan fingerprint density at radius 2 is 2.10 bits per heavy atom. The van der Waals surface area contributed by atoms with Crippen LogP contribution in [-0.4, -0.2) is 29.9 Å². The number of carbonyl (C=O) groups is 1. The standard InChI is InChI=1S/C15H23FN2O3/c1-5-21-14(20)18-12-7-6-10(8-11(12)16)13(19)9-17-15(2,3)4/h6-8,13,17,19H,5,9H2,1-4H3,(H,18,20). The number of ether oxygens (including phenoxy) is 1. The fourth-order valence-corrected chi connectivity index (χ4v) is 1.64. The lowest BCUT2D eigenvalue weighted by atomic mass is 10.1. The second kappa shape index (κ2) is 7.38. The first-order chi connectivity index (χ1) is 9.73. The van der Waals surface area contributed by atoms with E-state index in [-0.39, 0.29) is 17.8 Å². The summed E-state index contributed by atoms with van der Waals surface area (Å²) in [6.07, 6.45) is -1.53. The van der Waals surface area contributed by atoms with Crippen molar-refractivity contribution in [3.05, 3.63) is 29.6 Å². The number of β-amino-alcohol motifs (C(OH)–C–C–N with tert-alkyl or cyclic N) is 1. The van der Waals surface area contributed by atoms with Crippen LogP contribution in [-0.2, 0) is 4.74 Å². The number of hydrogen-bond acceptors (Lipinski definition) is 4. The first kappa shape index (κ1) is 17.4. The molecule has 21 heavy (non-hydrogen) atoms. The third-order valence-corrected chi connectivity index (χ3v) is 2.72. The average Bonchev–Trinajstić information content (AvgIpc) is 2.37. The highest BCUT2D eigenvalue weighted by Crippen LogP contribution is 2.20. The monoisotopic (exact) mass is 298 g/mol. The van der Waals surface area contributed by atoms with Crippen LogP contribution < -0.4 is 10.6 Å². The largest absolute Gasteiger partial charge is 0.450 e. The number of hydrogen-bond donors (Lipinski definition) is 3. The minimum atomic E-state index is -0.824. The maximum atomic E-state index is 13.9. The van der Waals surface area contributed by atoms with Gasteiger partial charge in [0.2, 0.25) is 0 Å². The Morgan fingerprint density at radius 1 is 1.43 bits per heavy atom. The Balaban J connectivity index is 2.70. The van der Waals surface area contributed by atoms with E-state index in [1.807, 2.05) is 20.8 Å². The molecule has 0 saturated carbocycles. The van der Waals surface area contributed by atoms with E-state index in [9.17, 15) is 14.3 Å². The lowest BCUT2D eigenvalue weighted by Gasteiger charge is -2.23. The molecule has 0 saturated heterocycles. The van der Waals surface area contributed by atoms with E-state index in [2.05, 4.69) is 15.4 Å². The van der Waals surface area contributed by atoms with Crippen molar-refractivity contribution >= 4 is 11.8 Å². The van der Waals surface area contributed by atoms with E-state index in [1.54, 1.807) is 13.0 Å². The van der Waals surface area contributed by atoms with Gasteiger partial charge in [-0.1, -0.05) is 6.07 Å². The van der Waals surface area contributed by atoms with Gasteiger partial charge in [-0.05, 0) is 45.4 Å². The minimum absolute atomic E-state index is 0.0215. The number of nitrogens with one attached hydrogen (secondary N) is 2. The van der Waals surface area contributed by atoms with Crippen molar-refractivity contribution in [1.82, 2.24) is 5.32 Å². The van der Waals surface area contributed by atoms with Crippen LogP contribution in [0.5, 0.6) is 0 Å². The number of aliphatic hydroxyl groups is 1. The first-order valence-electron chi connectivity index (χ1n) is 6.89. The van der Waals surface area contributed by atoms with E-state index >= 15 is 0 Å². The molecule has 1 aromatic rings. The molecule has 0 spiro atoms. The second-order valence-corrected chi connectivity index (χ2v) is 5.73. The van der Waals surface area contributed by atoms with Crippen LogP contribution in [0.1, 0.15) is 39.4 Å². The highest BCUT2D eigenvalue weighted by atomic mass is 19.1. The van der Waals surface area contributed by atoms with Crippen molar-refractivity contribution in [2.75, 3.05) is 18.5 Å². The zero-order valence-corrected chi connectivity index (χ0v) is 12.9. The van der Waals surface area contributed by atoms with Gasteiger partial charge in [0.05, 0.1) is 18.4 Å². The molecule has 5 nitrogen and oxygen atoms in total. The maximum absolute atomic E-state index is 13.9. The van der Waals surface area contributed by atoms with E-state index in [1.165, 1.54) is 12.1 Å². The molecular weight excluding hydrogens is 275 g/mol. The van der Waals surface area contributed by atoms with Crippen LogP contribution in [0, 0.1) is 5.82 Å². The van der Waals surface area contributed by atoms with Gasteiger partial charge in [0, 0.05) is 12.1 Å². The van der Waals surface area contributed by atoms with Crippen LogP contribution >= 0.6 is 0 Å². The predicted octanol–water partition coefficient (Wildman–Crippen LogP) is 2.82. The number of amides is 1. The zero-order chi connectivity index (χ0) is 16.0. The van der Waals surface area contributed by atoms with Crippen molar-refractivity contribution < 1.29 is 19.0 Å². The Bertz CT molecular complexity index is 486. The molecule has 3 N–H and O–H groups in total. The van der Waals surface area contributed by atoms with Gasteiger partial charge in [0.1, 0.15) is 5.82 Å².